The van der Waals surface area contributed by atoms with Crippen LogP contribution < -0.4 is 25.4 Å². The van der Waals surface area contributed by atoms with Crippen LogP contribution in [0.2, 0.25) is 0 Å². The summed E-state index contributed by atoms with van der Waals surface area (Å²) in [4.78, 5) is 38.9. The SMILES string of the molecule is CC(C)Oc1cc(C(=O)O)ccc1NC(=O)c1ccc2c(c1)OC(C)N2C(=O)c1ccc(N)cc1. The van der Waals surface area contributed by atoms with Gasteiger partial charge >= 0.3 is 5.97 Å². The van der Waals surface area contributed by atoms with Crippen molar-refractivity contribution in [3.8, 4) is 11.5 Å². The zero-order valence-electron chi connectivity index (χ0n) is 19.4. The van der Waals surface area contributed by atoms with Gasteiger partial charge in [0, 0.05) is 16.8 Å². The normalized spacial score (nSPS) is 14.3. The molecule has 9 heteroatoms. The first-order valence-electron chi connectivity index (χ1n) is 11.0. The Hall–Kier alpha value is -4.53. The molecule has 1 aliphatic heterocycles. The fourth-order valence-corrected chi connectivity index (χ4v) is 3.72. The Kier molecular flexibility index (Phi) is 6.33. The highest BCUT2D eigenvalue weighted by Gasteiger charge is 2.33. The van der Waals surface area contributed by atoms with E-state index in [1.54, 1.807) is 63.2 Å². The molecule has 3 aromatic carbocycles. The predicted octanol–water partition coefficient (Wildman–Crippen LogP) is 4.39. The zero-order chi connectivity index (χ0) is 25.3. The summed E-state index contributed by atoms with van der Waals surface area (Å²) in [7, 11) is 0. The summed E-state index contributed by atoms with van der Waals surface area (Å²) >= 11 is 0. The molecule has 1 aliphatic rings. The van der Waals surface area contributed by atoms with Gasteiger partial charge in [0.15, 0.2) is 6.23 Å². The van der Waals surface area contributed by atoms with Gasteiger partial charge in [-0.15, -0.1) is 0 Å². The van der Waals surface area contributed by atoms with Crippen molar-refractivity contribution in [1.29, 1.82) is 0 Å². The number of carboxylic acids is 1. The van der Waals surface area contributed by atoms with E-state index in [-0.39, 0.29) is 23.3 Å². The van der Waals surface area contributed by atoms with Crippen molar-refractivity contribution in [2.75, 3.05) is 16.0 Å². The molecule has 1 atom stereocenters. The van der Waals surface area contributed by atoms with Gasteiger partial charge in [0.1, 0.15) is 11.5 Å². The smallest absolute Gasteiger partial charge is 0.335 e. The van der Waals surface area contributed by atoms with Crippen LogP contribution in [0.15, 0.2) is 60.7 Å². The molecule has 180 valence electrons. The van der Waals surface area contributed by atoms with Gasteiger partial charge in [-0.05, 0) is 81.4 Å². The second-order valence-corrected chi connectivity index (χ2v) is 8.33. The number of carbonyl (C=O) groups is 3. The van der Waals surface area contributed by atoms with Crippen LogP contribution in [-0.4, -0.2) is 35.2 Å². The fourth-order valence-electron chi connectivity index (χ4n) is 3.72. The molecule has 0 bridgehead atoms. The molecule has 4 N–H and O–H groups in total. The molecule has 0 radical (unpaired) electrons. The van der Waals surface area contributed by atoms with Gasteiger partial charge in [0.2, 0.25) is 0 Å². The number of nitrogens with zero attached hydrogens (tertiary/aromatic N) is 1. The molecule has 3 aromatic rings. The minimum Gasteiger partial charge on any atom is -0.489 e. The molecule has 4 rings (SSSR count). The number of benzene rings is 3. The van der Waals surface area contributed by atoms with E-state index < -0.39 is 18.1 Å². The van der Waals surface area contributed by atoms with Crippen LogP contribution in [-0.2, 0) is 0 Å². The lowest BCUT2D eigenvalue weighted by molar-refractivity contribution is 0.0695. The van der Waals surface area contributed by atoms with Gasteiger partial charge in [-0.2, -0.15) is 0 Å². The van der Waals surface area contributed by atoms with Gasteiger partial charge in [0.25, 0.3) is 11.8 Å². The highest BCUT2D eigenvalue weighted by molar-refractivity contribution is 6.09. The van der Waals surface area contributed by atoms with E-state index in [0.29, 0.717) is 33.9 Å². The van der Waals surface area contributed by atoms with E-state index >= 15 is 0 Å². The molecule has 0 saturated heterocycles. The van der Waals surface area contributed by atoms with Gasteiger partial charge in [-0.25, -0.2) is 4.79 Å². The number of fused-ring (bicyclic) bond motifs is 1. The number of aromatic carboxylic acids is 1. The molecule has 0 saturated carbocycles. The van der Waals surface area contributed by atoms with Crippen LogP contribution in [0.25, 0.3) is 0 Å². The molecule has 0 aromatic heterocycles. The minimum absolute atomic E-state index is 0.0458. The Balaban J connectivity index is 1.58. The summed E-state index contributed by atoms with van der Waals surface area (Å²) in [5, 5.41) is 12.0. The Morgan fingerprint density at radius 3 is 2.31 bits per heavy atom. The topological polar surface area (TPSA) is 131 Å². The van der Waals surface area contributed by atoms with Gasteiger partial charge in [0.05, 0.1) is 23.0 Å². The van der Waals surface area contributed by atoms with Crippen molar-refractivity contribution in [3.63, 3.8) is 0 Å². The third-order valence-electron chi connectivity index (χ3n) is 5.36. The molecule has 1 heterocycles. The number of ether oxygens (including phenoxy) is 2. The minimum atomic E-state index is -1.10. The lowest BCUT2D eigenvalue weighted by Gasteiger charge is -2.20. The Morgan fingerprint density at radius 1 is 1.00 bits per heavy atom. The van der Waals surface area contributed by atoms with E-state index in [1.807, 2.05) is 0 Å². The molecule has 1 unspecified atom stereocenters. The maximum atomic E-state index is 13.1. The maximum Gasteiger partial charge on any atom is 0.335 e. The molecule has 2 amide bonds. The number of nitrogens with one attached hydrogen (secondary N) is 1. The van der Waals surface area contributed by atoms with Crippen LogP contribution in [0, 0.1) is 0 Å². The number of amides is 2. The van der Waals surface area contributed by atoms with E-state index in [2.05, 4.69) is 5.32 Å². The van der Waals surface area contributed by atoms with Crippen LogP contribution in [0.1, 0.15) is 51.8 Å². The number of carbonyl (C=O) groups excluding carboxylic acids is 2. The van der Waals surface area contributed by atoms with Gasteiger partial charge in [-0.3, -0.25) is 14.5 Å². The second kappa shape index (κ2) is 9.38. The average Bonchev–Trinajstić information content (AvgIpc) is 3.14. The van der Waals surface area contributed by atoms with Crippen LogP contribution in [0.4, 0.5) is 17.1 Å². The van der Waals surface area contributed by atoms with Crippen molar-refractivity contribution >= 4 is 34.8 Å². The molecule has 0 fully saturated rings. The maximum absolute atomic E-state index is 13.1. The van der Waals surface area contributed by atoms with Gasteiger partial charge < -0.3 is 25.6 Å². The number of carboxylic acid groups (broad SMARTS) is 1. The zero-order valence-corrected chi connectivity index (χ0v) is 19.4. The predicted molar refractivity (Wildman–Crippen MR) is 131 cm³/mol. The number of anilines is 3. The summed E-state index contributed by atoms with van der Waals surface area (Å²) in [6, 6.07) is 15.7. The van der Waals surface area contributed by atoms with E-state index in [1.165, 1.54) is 23.1 Å². The molecular formula is C26H25N3O6. The third kappa shape index (κ3) is 4.89. The largest absolute Gasteiger partial charge is 0.489 e. The highest BCUT2D eigenvalue weighted by Crippen LogP contribution is 2.39. The van der Waals surface area contributed by atoms with Crippen molar-refractivity contribution in [2.45, 2.75) is 33.1 Å². The highest BCUT2D eigenvalue weighted by atomic mass is 16.5. The molecular weight excluding hydrogens is 450 g/mol. The first-order chi connectivity index (χ1) is 16.6. The lowest BCUT2D eigenvalue weighted by atomic mass is 10.1. The van der Waals surface area contributed by atoms with Crippen molar-refractivity contribution in [3.05, 3.63) is 77.4 Å². The van der Waals surface area contributed by atoms with Crippen LogP contribution in [0.3, 0.4) is 0 Å². The second-order valence-electron chi connectivity index (χ2n) is 8.33. The van der Waals surface area contributed by atoms with Crippen LogP contribution >= 0.6 is 0 Å². The Bertz CT molecular complexity index is 1300. The Labute approximate surface area is 202 Å². The van der Waals surface area contributed by atoms with E-state index in [0.717, 1.165) is 0 Å². The van der Waals surface area contributed by atoms with Crippen molar-refractivity contribution in [1.82, 2.24) is 0 Å². The quantitative estimate of drug-likeness (QED) is 0.451. The molecule has 0 aliphatic carbocycles. The van der Waals surface area contributed by atoms with Crippen LogP contribution in [0.5, 0.6) is 11.5 Å². The fraction of sp³-hybridized carbons (Fsp3) is 0.192. The van der Waals surface area contributed by atoms with E-state index in [9.17, 15) is 19.5 Å². The van der Waals surface area contributed by atoms with Gasteiger partial charge in [-0.1, -0.05) is 0 Å². The number of rotatable bonds is 6. The third-order valence-corrected chi connectivity index (χ3v) is 5.36. The lowest BCUT2D eigenvalue weighted by Crippen LogP contribution is -2.37. The molecule has 35 heavy (non-hydrogen) atoms. The molecule has 9 nitrogen and oxygen atoms in total. The number of nitrogen functional groups attached to an aromatic ring is 1. The summed E-state index contributed by atoms with van der Waals surface area (Å²) in [5.74, 6) is -1.14. The standard InChI is InChI=1S/C26H25N3O6/c1-14(2)34-22-13-18(26(32)33)6-10-20(22)28-24(30)17-7-11-21-23(12-17)35-15(3)29(21)25(31)16-4-8-19(27)9-5-16/h4-15H,27H2,1-3H3,(H,28,30)(H,32,33). The average molecular weight is 476 g/mol. The summed E-state index contributed by atoms with van der Waals surface area (Å²) < 4.78 is 11.6. The van der Waals surface area contributed by atoms with Crippen molar-refractivity contribution in [2.24, 2.45) is 0 Å². The Morgan fingerprint density at radius 2 is 1.66 bits per heavy atom. The summed E-state index contributed by atoms with van der Waals surface area (Å²) in [6.45, 7) is 5.35. The number of nitrogens with two attached hydrogens (primary N) is 1. The molecule has 0 spiro atoms. The number of hydrogen-bond acceptors (Lipinski definition) is 6. The number of hydrogen-bond donors (Lipinski definition) is 3. The first kappa shape index (κ1) is 23.6. The van der Waals surface area contributed by atoms with E-state index in [4.69, 9.17) is 15.2 Å². The summed E-state index contributed by atoms with van der Waals surface area (Å²) in [6.07, 6.45) is -0.794. The van der Waals surface area contributed by atoms with Crippen molar-refractivity contribution < 1.29 is 29.0 Å². The summed E-state index contributed by atoms with van der Waals surface area (Å²) in [5.41, 5.74) is 7.97. The first-order valence-corrected chi connectivity index (χ1v) is 11.0. The monoisotopic (exact) mass is 475 g/mol.